The summed E-state index contributed by atoms with van der Waals surface area (Å²) in [5, 5.41) is 8.37. The molecule has 54 valence electrons. The van der Waals surface area contributed by atoms with E-state index >= 15 is 0 Å². The van der Waals surface area contributed by atoms with Gasteiger partial charge in [-0.3, -0.25) is 0 Å². The highest BCUT2D eigenvalue weighted by atomic mass is 31.2. The van der Waals surface area contributed by atoms with Gasteiger partial charge in [0.2, 0.25) is 0 Å². The predicted molar refractivity (Wildman–Crippen MR) is 36.7 cm³/mol. The molecular weight excluding hydrogens is 139 g/mol. The largest absolute Gasteiger partial charge is 0.476 e. The molecule has 4 heteroatoms. The summed E-state index contributed by atoms with van der Waals surface area (Å²) in [5.41, 5.74) is -1.13. The van der Waals surface area contributed by atoms with E-state index in [1.807, 2.05) is 0 Å². The van der Waals surface area contributed by atoms with Crippen molar-refractivity contribution in [2.45, 2.75) is 13.8 Å². The molecule has 0 fully saturated rings. The van der Waals surface area contributed by atoms with Crippen molar-refractivity contribution in [2.24, 2.45) is 0 Å². The first-order chi connectivity index (χ1) is 4.06. The molecule has 0 aliphatic carbocycles. The molecule has 0 rings (SSSR count). The van der Waals surface area contributed by atoms with Gasteiger partial charge in [0.15, 0.2) is 7.14 Å². The fraction of sp³-hybridized carbons (Fsp3) is 0.800. The summed E-state index contributed by atoms with van der Waals surface area (Å²) in [4.78, 5) is 10.2. The Morgan fingerprint density at radius 3 is 1.78 bits per heavy atom. The highest BCUT2D eigenvalue weighted by Gasteiger charge is 2.25. The molecule has 0 heterocycles. The Hall–Kier alpha value is -0.300. The number of rotatable bonds is 3. The lowest BCUT2D eigenvalue weighted by Crippen LogP contribution is -1.99. The maximum absolute atomic E-state index is 11.1. The molecule has 0 bridgehead atoms. The Morgan fingerprint density at radius 2 is 1.78 bits per heavy atom. The van der Waals surface area contributed by atoms with Gasteiger partial charge in [0, 0.05) is 12.3 Å². The second-order valence-corrected chi connectivity index (χ2v) is 5.23. The molecule has 0 aromatic heterocycles. The minimum atomic E-state index is -2.84. The minimum absolute atomic E-state index is 0.263. The van der Waals surface area contributed by atoms with Crippen molar-refractivity contribution < 1.29 is 14.5 Å². The van der Waals surface area contributed by atoms with Gasteiger partial charge in [-0.1, -0.05) is 13.8 Å². The van der Waals surface area contributed by atoms with Gasteiger partial charge in [-0.05, 0) is 0 Å². The molecule has 0 atom stereocenters. The first kappa shape index (κ1) is 8.70. The van der Waals surface area contributed by atoms with E-state index in [0.29, 0.717) is 0 Å². The molecule has 9 heavy (non-hydrogen) atoms. The molecule has 0 aromatic carbocycles. The van der Waals surface area contributed by atoms with Gasteiger partial charge >= 0.3 is 5.71 Å². The molecular formula is C5H11O3P. The van der Waals surface area contributed by atoms with E-state index in [2.05, 4.69) is 0 Å². The summed E-state index contributed by atoms with van der Waals surface area (Å²) in [7, 11) is -2.84. The zero-order valence-electron chi connectivity index (χ0n) is 5.63. The molecule has 0 radical (unpaired) electrons. The second-order valence-electron chi connectivity index (χ2n) is 1.80. The summed E-state index contributed by atoms with van der Waals surface area (Å²) in [6.07, 6.45) is 0.525. The van der Waals surface area contributed by atoms with Gasteiger partial charge in [-0.15, -0.1) is 0 Å². The number of hydrogen-bond acceptors (Lipinski definition) is 2. The van der Waals surface area contributed by atoms with E-state index < -0.39 is 12.9 Å². The van der Waals surface area contributed by atoms with Crippen LogP contribution in [0.4, 0.5) is 4.79 Å². The Labute approximate surface area is 54.4 Å². The summed E-state index contributed by atoms with van der Waals surface area (Å²) < 4.78 is 11.1. The molecule has 3 nitrogen and oxygen atoms in total. The summed E-state index contributed by atoms with van der Waals surface area (Å²) in [5.74, 6) is 0. The topological polar surface area (TPSA) is 54.4 Å². The summed E-state index contributed by atoms with van der Waals surface area (Å²) >= 11 is 0. The van der Waals surface area contributed by atoms with Crippen LogP contribution in [0.3, 0.4) is 0 Å². The van der Waals surface area contributed by atoms with E-state index in [1.54, 1.807) is 13.8 Å². The van der Waals surface area contributed by atoms with Crippen LogP contribution in [0, 0.1) is 0 Å². The van der Waals surface area contributed by atoms with Gasteiger partial charge in [0.1, 0.15) is 0 Å². The van der Waals surface area contributed by atoms with Crippen LogP contribution in [0.5, 0.6) is 0 Å². The average molecular weight is 150 g/mol. The molecule has 0 amide bonds. The van der Waals surface area contributed by atoms with Crippen molar-refractivity contribution in [1.29, 1.82) is 0 Å². The van der Waals surface area contributed by atoms with Crippen molar-refractivity contribution in [3.05, 3.63) is 0 Å². The van der Waals surface area contributed by atoms with Crippen LogP contribution in [0.2, 0.25) is 0 Å². The monoisotopic (exact) mass is 150 g/mol. The molecule has 0 aliphatic heterocycles. The second kappa shape index (κ2) is 3.02. The van der Waals surface area contributed by atoms with Gasteiger partial charge in [0.05, 0.1) is 0 Å². The highest BCUT2D eigenvalue weighted by molar-refractivity contribution is 7.79. The lowest BCUT2D eigenvalue weighted by atomic mass is 11.0. The molecule has 0 saturated heterocycles. The van der Waals surface area contributed by atoms with Crippen LogP contribution in [0.25, 0.3) is 0 Å². The van der Waals surface area contributed by atoms with Gasteiger partial charge in [-0.25, -0.2) is 4.79 Å². The van der Waals surface area contributed by atoms with Crippen molar-refractivity contribution >= 4 is 12.9 Å². The lowest BCUT2D eigenvalue weighted by molar-refractivity contribution is 0.219. The van der Waals surface area contributed by atoms with E-state index in [0.717, 1.165) is 0 Å². The van der Waals surface area contributed by atoms with E-state index in [9.17, 15) is 9.36 Å². The minimum Gasteiger partial charge on any atom is -0.476 e. The number of hydrogen-bond donors (Lipinski definition) is 1. The number of carbonyl (C=O) groups is 1. The highest BCUT2D eigenvalue weighted by Crippen LogP contribution is 2.44. The maximum atomic E-state index is 11.1. The van der Waals surface area contributed by atoms with E-state index in [4.69, 9.17) is 5.11 Å². The number of carboxylic acid groups (broad SMARTS) is 1. The lowest BCUT2D eigenvalue weighted by Gasteiger charge is -2.05. The Balaban J connectivity index is 4.30. The molecule has 0 aromatic rings. The zero-order valence-corrected chi connectivity index (χ0v) is 6.52. The van der Waals surface area contributed by atoms with Gasteiger partial charge in [-0.2, -0.15) is 0 Å². The molecule has 0 unspecified atom stereocenters. The third-order valence-electron chi connectivity index (χ3n) is 1.37. The Kier molecular flexibility index (Phi) is 2.92. The van der Waals surface area contributed by atoms with Crippen LogP contribution in [0.15, 0.2) is 0 Å². The quantitative estimate of drug-likeness (QED) is 0.626. The van der Waals surface area contributed by atoms with Crippen molar-refractivity contribution in [3.8, 4) is 0 Å². The summed E-state index contributed by atoms with van der Waals surface area (Å²) in [6, 6.07) is 0. The van der Waals surface area contributed by atoms with Crippen molar-refractivity contribution in [1.82, 2.24) is 0 Å². The van der Waals surface area contributed by atoms with E-state index in [-0.39, 0.29) is 12.3 Å². The molecule has 1 N–H and O–H groups in total. The smallest absolute Gasteiger partial charge is 0.361 e. The maximum Gasteiger partial charge on any atom is 0.361 e. The average Bonchev–Trinajstić information content (AvgIpc) is 1.86. The first-order valence-corrected chi connectivity index (χ1v) is 4.96. The van der Waals surface area contributed by atoms with Crippen LogP contribution in [-0.2, 0) is 4.57 Å². The van der Waals surface area contributed by atoms with Crippen LogP contribution in [-0.4, -0.2) is 23.1 Å². The normalized spacial score (nSPS) is 11.3. The van der Waals surface area contributed by atoms with Gasteiger partial charge < -0.3 is 9.67 Å². The predicted octanol–water partition coefficient (Wildman–Crippen LogP) is 2.07. The Morgan fingerprint density at radius 1 is 1.44 bits per heavy atom. The fourth-order valence-electron chi connectivity index (χ4n) is 0.494. The third-order valence-corrected chi connectivity index (χ3v) is 4.11. The fourth-order valence-corrected chi connectivity index (χ4v) is 1.48. The van der Waals surface area contributed by atoms with Crippen LogP contribution in [0.1, 0.15) is 13.8 Å². The first-order valence-electron chi connectivity index (χ1n) is 2.88. The molecule has 0 saturated carbocycles. The summed E-state index contributed by atoms with van der Waals surface area (Å²) in [6.45, 7) is 3.27. The van der Waals surface area contributed by atoms with Crippen LogP contribution < -0.4 is 0 Å². The third kappa shape index (κ3) is 1.83. The Bertz CT molecular complexity index is 144. The van der Waals surface area contributed by atoms with Crippen molar-refractivity contribution in [2.75, 3.05) is 12.3 Å². The molecule has 0 spiro atoms. The van der Waals surface area contributed by atoms with Gasteiger partial charge in [0.25, 0.3) is 0 Å². The SMILES string of the molecule is CCP(=O)(CC)C(=O)O. The van der Waals surface area contributed by atoms with Crippen molar-refractivity contribution in [3.63, 3.8) is 0 Å². The van der Waals surface area contributed by atoms with Crippen LogP contribution >= 0.6 is 7.14 Å². The zero-order chi connectivity index (χ0) is 7.49. The van der Waals surface area contributed by atoms with E-state index in [1.165, 1.54) is 0 Å². The molecule has 0 aliphatic rings. The standard InChI is InChI=1S/C5H11O3P/c1-3-9(8,4-2)5(6)7/h3-4H2,1-2H3,(H,6,7).